The Kier molecular flexibility index (Phi) is 2.98. The second-order valence-corrected chi connectivity index (χ2v) is 4.97. The number of nitrogens with zero attached hydrogens (tertiary/aromatic N) is 2. The van der Waals surface area contributed by atoms with Gasteiger partial charge in [0, 0.05) is 23.8 Å². The fourth-order valence-electron chi connectivity index (χ4n) is 1.93. The lowest BCUT2D eigenvalue weighted by molar-refractivity contribution is 1.11. The first kappa shape index (κ1) is 11.6. The van der Waals surface area contributed by atoms with E-state index in [1.54, 1.807) is 0 Å². The van der Waals surface area contributed by atoms with Gasteiger partial charge in [-0.05, 0) is 29.8 Å². The zero-order valence-corrected chi connectivity index (χ0v) is 11.0. The van der Waals surface area contributed by atoms with Crippen molar-refractivity contribution in [3.8, 4) is 0 Å². The van der Waals surface area contributed by atoms with Crippen molar-refractivity contribution in [2.24, 2.45) is 0 Å². The second-order valence-electron chi connectivity index (χ2n) is 4.12. The Labute approximate surface area is 115 Å². The van der Waals surface area contributed by atoms with Crippen molar-refractivity contribution in [2.45, 2.75) is 6.42 Å². The summed E-state index contributed by atoms with van der Waals surface area (Å²) < 4.78 is 1.94. The molecule has 3 aromatic rings. The van der Waals surface area contributed by atoms with Gasteiger partial charge in [-0.15, -0.1) is 0 Å². The van der Waals surface area contributed by atoms with Crippen molar-refractivity contribution >= 4 is 28.8 Å². The summed E-state index contributed by atoms with van der Waals surface area (Å²) in [7, 11) is 0. The van der Waals surface area contributed by atoms with E-state index in [0.717, 1.165) is 22.8 Å². The van der Waals surface area contributed by atoms with Crippen molar-refractivity contribution in [1.82, 2.24) is 9.38 Å². The Balaban J connectivity index is 1.95. The third-order valence-electron chi connectivity index (χ3n) is 2.78. The molecule has 0 N–H and O–H groups in total. The fraction of sp³-hybridized carbons (Fsp3) is 0.0714. The Bertz CT molecular complexity index is 687. The number of aromatic nitrogens is 2. The maximum atomic E-state index is 6.09. The highest BCUT2D eigenvalue weighted by molar-refractivity contribution is 6.33. The van der Waals surface area contributed by atoms with Crippen LogP contribution in [0, 0.1) is 0 Å². The summed E-state index contributed by atoms with van der Waals surface area (Å²) in [4.78, 5) is 4.53. The molecule has 0 spiro atoms. The van der Waals surface area contributed by atoms with Crippen LogP contribution in [0.3, 0.4) is 0 Å². The van der Waals surface area contributed by atoms with Gasteiger partial charge in [-0.2, -0.15) is 0 Å². The van der Waals surface area contributed by atoms with Crippen molar-refractivity contribution < 1.29 is 0 Å². The summed E-state index contributed by atoms with van der Waals surface area (Å²) in [5.41, 5.74) is 2.97. The number of rotatable bonds is 2. The minimum absolute atomic E-state index is 0.667. The van der Waals surface area contributed by atoms with Gasteiger partial charge < -0.3 is 4.40 Å². The third-order valence-corrected chi connectivity index (χ3v) is 3.33. The molecule has 18 heavy (non-hydrogen) atoms. The van der Waals surface area contributed by atoms with E-state index in [0.29, 0.717) is 5.02 Å². The highest BCUT2D eigenvalue weighted by Gasteiger charge is 2.05. The molecule has 2 aromatic heterocycles. The molecule has 0 fully saturated rings. The summed E-state index contributed by atoms with van der Waals surface area (Å²) >= 11 is 12.0. The number of hydrogen-bond acceptors (Lipinski definition) is 1. The molecule has 90 valence electrons. The van der Waals surface area contributed by atoms with Gasteiger partial charge in [-0.3, -0.25) is 0 Å². The SMILES string of the molecule is Clc1ccc(Cc2cn3cccc(Cl)c3n2)cc1. The van der Waals surface area contributed by atoms with Crippen molar-refractivity contribution in [3.05, 3.63) is 70.1 Å². The molecule has 0 saturated heterocycles. The van der Waals surface area contributed by atoms with Gasteiger partial charge in [-0.25, -0.2) is 4.98 Å². The predicted octanol–water partition coefficient (Wildman–Crippen LogP) is 4.23. The molecule has 0 amide bonds. The Hall–Kier alpha value is -1.51. The molecule has 0 bridgehead atoms. The van der Waals surface area contributed by atoms with Gasteiger partial charge in [0.1, 0.15) is 0 Å². The molecule has 0 aliphatic carbocycles. The van der Waals surface area contributed by atoms with Crippen LogP contribution in [-0.2, 0) is 6.42 Å². The summed E-state index contributed by atoms with van der Waals surface area (Å²) in [6, 6.07) is 11.5. The molecule has 2 nitrogen and oxygen atoms in total. The van der Waals surface area contributed by atoms with Gasteiger partial charge in [0.2, 0.25) is 0 Å². The highest BCUT2D eigenvalue weighted by Crippen LogP contribution is 2.18. The molecule has 1 aromatic carbocycles. The molecule has 0 radical (unpaired) electrons. The lowest BCUT2D eigenvalue weighted by Crippen LogP contribution is -1.87. The molecule has 0 aliphatic heterocycles. The van der Waals surface area contributed by atoms with Crippen LogP contribution in [0.1, 0.15) is 11.3 Å². The van der Waals surface area contributed by atoms with Crippen LogP contribution in [0.4, 0.5) is 0 Å². The number of hydrogen-bond donors (Lipinski definition) is 0. The Morgan fingerprint density at radius 3 is 2.56 bits per heavy atom. The maximum Gasteiger partial charge on any atom is 0.155 e. The highest BCUT2D eigenvalue weighted by atomic mass is 35.5. The lowest BCUT2D eigenvalue weighted by Gasteiger charge is -1.97. The summed E-state index contributed by atoms with van der Waals surface area (Å²) in [5.74, 6) is 0. The van der Waals surface area contributed by atoms with Crippen LogP contribution < -0.4 is 0 Å². The van der Waals surface area contributed by atoms with Crippen LogP contribution >= 0.6 is 23.2 Å². The Morgan fingerprint density at radius 2 is 1.83 bits per heavy atom. The van der Waals surface area contributed by atoms with E-state index in [2.05, 4.69) is 4.98 Å². The normalized spacial score (nSPS) is 11.0. The van der Waals surface area contributed by atoms with Crippen LogP contribution in [0.15, 0.2) is 48.8 Å². The average Bonchev–Trinajstić information content (AvgIpc) is 2.76. The second kappa shape index (κ2) is 4.63. The first-order valence-corrected chi connectivity index (χ1v) is 6.34. The Morgan fingerprint density at radius 1 is 1.06 bits per heavy atom. The fourth-order valence-corrected chi connectivity index (χ4v) is 2.26. The van der Waals surface area contributed by atoms with Gasteiger partial charge in [0.25, 0.3) is 0 Å². The van der Waals surface area contributed by atoms with Gasteiger partial charge in [0.15, 0.2) is 5.65 Å². The number of halogens is 2. The number of fused-ring (bicyclic) bond motifs is 1. The summed E-state index contributed by atoms with van der Waals surface area (Å²) in [6.45, 7) is 0. The number of imidazole rings is 1. The summed E-state index contributed by atoms with van der Waals surface area (Å²) in [5, 5.41) is 1.41. The zero-order valence-electron chi connectivity index (χ0n) is 9.48. The van der Waals surface area contributed by atoms with E-state index in [1.165, 1.54) is 5.56 Å². The first-order valence-electron chi connectivity index (χ1n) is 5.59. The van der Waals surface area contributed by atoms with E-state index in [1.807, 2.05) is 53.2 Å². The minimum Gasteiger partial charge on any atom is -0.306 e. The van der Waals surface area contributed by atoms with E-state index in [4.69, 9.17) is 23.2 Å². The monoisotopic (exact) mass is 276 g/mol. The standard InChI is InChI=1S/C14H10Cl2N2/c15-11-5-3-10(4-6-11)8-12-9-18-7-1-2-13(16)14(18)17-12/h1-7,9H,8H2. The zero-order chi connectivity index (χ0) is 12.5. The van der Waals surface area contributed by atoms with Crippen LogP contribution in [0.2, 0.25) is 10.0 Å². The topological polar surface area (TPSA) is 17.3 Å². The van der Waals surface area contributed by atoms with E-state index < -0.39 is 0 Å². The molecular formula is C14H10Cl2N2. The molecule has 2 heterocycles. The van der Waals surface area contributed by atoms with E-state index >= 15 is 0 Å². The first-order chi connectivity index (χ1) is 8.72. The predicted molar refractivity (Wildman–Crippen MR) is 74.5 cm³/mol. The van der Waals surface area contributed by atoms with Crippen LogP contribution in [0.5, 0.6) is 0 Å². The molecular weight excluding hydrogens is 267 g/mol. The average molecular weight is 277 g/mol. The molecule has 0 saturated carbocycles. The molecule has 0 unspecified atom stereocenters. The third kappa shape index (κ3) is 2.22. The van der Waals surface area contributed by atoms with Crippen molar-refractivity contribution in [2.75, 3.05) is 0 Å². The molecule has 3 rings (SSSR count). The molecule has 0 aliphatic rings. The van der Waals surface area contributed by atoms with Crippen molar-refractivity contribution in [3.63, 3.8) is 0 Å². The molecule has 4 heteroatoms. The van der Waals surface area contributed by atoms with E-state index in [-0.39, 0.29) is 0 Å². The van der Waals surface area contributed by atoms with Gasteiger partial charge in [-0.1, -0.05) is 35.3 Å². The van der Waals surface area contributed by atoms with Crippen LogP contribution in [0.25, 0.3) is 5.65 Å². The van der Waals surface area contributed by atoms with Gasteiger partial charge in [0.05, 0.1) is 10.7 Å². The quantitative estimate of drug-likeness (QED) is 0.685. The molecule has 0 atom stereocenters. The minimum atomic E-state index is 0.667. The lowest BCUT2D eigenvalue weighted by atomic mass is 10.1. The largest absolute Gasteiger partial charge is 0.306 e. The maximum absolute atomic E-state index is 6.09. The van der Waals surface area contributed by atoms with Crippen LogP contribution in [-0.4, -0.2) is 9.38 Å². The number of benzene rings is 1. The number of pyridine rings is 1. The summed E-state index contributed by atoms with van der Waals surface area (Å²) in [6.07, 6.45) is 4.71. The van der Waals surface area contributed by atoms with Gasteiger partial charge >= 0.3 is 0 Å². The smallest absolute Gasteiger partial charge is 0.155 e. The van der Waals surface area contributed by atoms with E-state index in [9.17, 15) is 0 Å². The van der Waals surface area contributed by atoms with Crippen molar-refractivity contribution in [1.29, 1.82) is 0 Å².